The Kier molecular flexibility index (Phi) is 3.69. The molecule has 4 rings (SSSR count). The van der Waals surface area contributed by atoms with Gasteiger partial charge in [0.2, 0.25) is 5.89 Å². The number of aryl methyl sites for hydroxylation is 2. The Morgan fingerprint density at radius 2 is 2.00 bits per heavy atom. The Labute approximate surface area is 134 Å². The number of aliphatic hydroxyl groups is 1. The molecule has 1 aliphatic carbocycles. The number of aromatic nitrogens is 3. The van der Waals surface area contributed by atoms with Gasteiger partial charge < -0.3 is 14.2 Å². The summed E-state index contributed by atoms with van der Waals surface area (Å²) in [5.74, 6) is 3.08. The smallest absolute Gasteiger partial charge is 0.231 e. The average molecular weight is 318 g/mol. The van der Waals surface area contributed by atoms with Gasteiger partial charge in [-0.3, -0.25) is 4.90 Å². The van der Waals surface area contributed by atoms with E-state index in [0.29, 0.717) is 11.8 Å². The Balaban J connectivity index is 1.49. The third-order valence-corrected chi connectivity index (χ3v) is 5.03. The van der Waals surface area contributed by atoms with E-state index in [1.54, 1.807) is 0 Å². The van der Waals surface area contributed by atoms with Crippen molar-refractivity contribution < 1.29 is 14.2 Å². The summed E-state index contributed by atoms with van der Waals surface area (Å²) in [5, 5.41) is 17.9. The molecule has 2 atom stereocenters. The van der Waals surface area contributed by atoms with Gasteiger partial charge in [0.15, 0.2) is 5.82 Å². The van der Waals surface area contributed by atoms with Crippen molar-refractivity contribution in [2.24, 2.45) is 5.92 Å². The highest BCUT2D eigenvalue weighted by Gasteiger charge is 2.38. The van der Waals surface area contributed by atoms with Crippen LogP contribution in [0.1, 0.15) is 53.4 Å². The first kappa shape index (κ1) is 14.8. The quantitative estimate of drug-likeness (QED) is 0.898. The summed E-state index contributed by atoms with van der Waals surface area (Å²) in [4.78, 5) is 6.88. The van der Waals surface area contributed by atoms with Crippen LogP contribution in [0.2, 0.25) is 0 Å². The molecule has 0 unspecified atom stereocenters. The van der Waals surface area contributed by atoms with Gasteiger partial charge in [-0.25, -0.2) is 0 Å². The van der Waals surface area contributed by atoms with Crippen LogP contribution in [0.4, 0.5) is 0 Å². The molecule has 0 bridgehead atoms. The highest BCUT2D eigenvalue weighted by atomic mass is 16.5. The summed E-state index contributed by atoms with van der Waals surface area (Å²) < 4.78 is 10.7. The lowest BCUT2D eigenvalue weighted by molar-refractivity contribution is 0.204. The second-order valence-electron chi connectivity index (χ2n) is 6.81. The Morgan fingerprint density at radius 3 is 2.65 bits per heavy atom. The first-order valence-corrected chi connectivity index (χ1v) is 8.24. The van der Waals surface area contributed by atoms with E-state index >= 15 is 0 Å². The monoisotopic (exact) mass is 318 g/mol. The molecule has 0 radical (unpaired) electrons. The molecular formula is C16H22N4O3. The molecule has 2 fully saturated rings. The Hall–Kier alpha value is -1.73. The first-order chi connectivity index (χ1) is 11.2. The largest absolute Gasteiger partial charge is 0.396 e. The van der Waals surface area contributed by atoms with E-state index in [4.69, 9.17) is 9.05 Å². The number of hydrogen-bond donors (Lipinski definition) is 1. The van der Waals surface area contributed by atoms with E-state index in [1.807, 2.05) is 13.8 Å². The summed E-state index contributed by atoms with van der Waals surface area (Å²) in [6.07, 6.45) is 2.32. The lowest BCUT2D eigenvalue weighted by Gasteiger charge is -2.14. The fourth-order valence-corrected chi connectivity index (χ4v) is 3.41. The number of nitrogens with zero attached hydrogens (tertiary/aromatic N) is 4. The van der Waals surface area contributed by atoms with Gasteiger partial charge in [-0.2, -0.15) is 4.98 Å². The number of hydrogen-bond acceptors (Lipinski definition) is 7. The van der Waals surface area contributed by atoms with Gasteiger partial charge >= 0.3 is 0 Å². The van der Waals surface area contributed by atoms with Gasteiger partial charge in [-0.15, -0.1) is 0 Å². The summed E-state index contributed by atoms with van der Waals surface area (Å²) >= 11 is 0. The van der Waals surface area contributed by atoms with Crippen LogP contribution in [0, 0.1) is 19.8 Å². The number of aliphatic hydroxyl groups excluding tert-OH is 1. The van der Waals surface area contributed by atoms with Gasteiger partial charge in [0.25, 0.3) is 0 Å². The van der Waals surface area contributed by atoms with E-state index in [1.165, 1.54) is 0 Å². The molecule has 23 heavy (non-hydrogen) atoms. The molecule has 1 aliphatic heterocycles. The van der Waals surface area contributed by atoms with Crippen molar-refractivity contribution in [1.82, 2.24) is 20.2 Å². The van der Waals surface area contributed by atoms with E-state index in [-0.39, 0.29) is 18.4 Å². The second-order valence-corrected chi connectivity index (χ2v) is 6.81. The van der Waals surface area contributed by atoms with Crippen LogP contribution in [-0.2, 0) is 6.54 Å². The predicted octanol–water partition coefficient (Wildman–Crippen LogP) is 1.76. The molecule has 0 amide bonds. The van der Waals surface area contributed by atoms with Crippen LogP contribution in [0.3, 0.4) is 0 Å². The zero-order valence-electron chi connectivity index (χ0n) is 13.5. The maximum absolute atomic E-state index is 9.73. The van der Waals surface area contributed by atoms with Crippen molar-refractivity contribution >= 4 is 0 Å². The molecule has 2 aliphatic rings. The zero-order chi connectivity index (χ0) is 16.0. The maximum Gasteiger partial charge on any atom is 0.231 e. The number of likely N-dealkylation sites (tertiary alicyclic amines) is 1. The summed E-state index contributed by atoms with van der Waals surface area (Å²) in [6, 6.07) is 0. The topological polar surface area (TPSA) is 88.4 Å². The van der Waals surface area contributed by atoms with Crippen molar-refractivity contribution in [3.05, 3.63) is 28.7 Å². The first-order valence-electron chi connectivity index (χ1n) is 8.24. The zero-order valence-corrected chi connectivity index (χ0v) is 13.5. The van der Waals surface area contributed by atoms with Gasteiger partial charge in [0, 0.05) is 43.6 Å². The maximum atomic E-state index is 9.73. The van der Waals surface area contributed by atoms with E-state index < -0.39 is 0 Å². The second kappa shape index (κ2) is 5.72. The molecule has 7 heteroatoms. The van der Waals surface area contributed by atoms with Gasteiger partial charge in [-0.05, 0) is 26.7 Å². The molecule has 0 aromatic carbocycles. The Morgan fingerprint density at radius 1 is 1.17 bits per heavy atom. The van der Waals surface area contributed by atoms with Crippen LogP contribution in [-0.4, -0.2) is 45.0 Å². The summed E-state index contributed by atoms with van der Waals surface area (Å²) in [5.41, 5.74) is 2.06. The minimum absolute atomic E-state index is 0.0977. The molecule has 1 N–H and O–H groups in total. The van der Waals surface area contributed by atoms with Crippen molar-refractivity contribution in [3.8, 4) is 0 Å². The SMILES string of the molecule is Cc1noc(C)c1CN1C[C@@H](CO)[C@H](c2nc(C3CC3)no2)C1. The molecule has 1 saturated carbocycles. The van der Waals surface area contributed by atoms with E-state index in [2.05, 4.69) is 20.2 Å². The Bertz CT molecular complexity index is 672. The lowest BCUT2D eigenvalue weighted by Crippen LogP contribution is -2.21. The molecule has 1 saturated heterocycles. The molecule has 124 valence electrons. The fraction of sp³-hybridized carbons (Fsp3) is 0.688. The van der Waals surface area contributed by atoms with Gasteiger partial charge in [0.1, 0.15) is 5.76 Å². The van der Waals surface area contributed by atoms with Crippen LogP contribution in [0.15, 0.2) is 9.05 Å². The minimum atomic E-state index is 0.0977. The molecule has 0 spiro atoms. The van der Waals surface area contributed by atoms with Crippen LogP contribution in [0.25, 0.3) is 0 Å². The van der Waals surface area contributed by atoms with E-state index in [0.717, 1.165) is 55.3 Å². The standard InChI is InChI=1S/C16H22N4O3/c1-9-13(10(2)22-18-9)6-20-5-12(8-21)14(7-20)16-17-15(19-23-16)11-3-4-11/h11-12,14,21H,3-8H2,1-2H3/t12-,14+/m0/s1. The summed E-state index contributed by atoms with van der Waals surface area (Å²) in [6.45, 7) is 6.42. The van der Waals surface area contributed by atoms with E-state index in [9.17, 15) is 5.11 Å². The third kappa shape index (κ3) is 2.79. The van der Waals surface area contributed by atoms with Crippen LogP contribution >= 0.6 is 0 Å². The van der Waals surface area contributed by atoms with Crippen molar-refractivity contribution in [1.29, 1.82) is 0 Å². The van der Waals surface area contributed by atoms with Crippen LogP contribution in [0.5, 0.6) is 0 Å². The molecule has 3 heterocycles. The lowest BCUT2D eigenvalue weighted by atomic mass is 9.97. The predicted molar refractivity (Wildman–Crippen MR) is 80.8 cm³/mol. The van der Waals surface area contributed by atoms with Crippen molar-refractivity contribution in [2.75, 3.05) is 19.7 Å². The van der Waals surface area contributed by atoms with Crippen LogP contribution < -0.4 is 0 Å². The average Bonchev–Trinajstić information content (AvgIpc) is 3.02. The molecule has 2 aromatic heterocycles. The highest BCUT2D eigenvalue weighted by Crippen LogP contribution is 2.40. The molecule has 2 aromatic rings. The summed E-state index contributed by atoms with van der Waals surface area (Å²) in [7, 11) is 0. The van der Waals surface area contributed by atoms with Crippen molar-refractivity contribution in [2.45, 2.75) is 45.1 Å². The number of rotatable bonds is 5. The molecular weight excluding hydrogens is 296 g/mol. The fourth-order valence-electron chi connectivity index (χ4n) is 3.41. The van der Waals surface area contributed by atoms with Crippen molar-refractivity contribution in [3.63, 3.8) is 0 Å². The van der Waals surface area contributed by atoms with Gasteiger partial charge in [-0.1, -0.05) is 10.3 Å². The highest BCUT2D eigenvalue weighted by molar-refractivity contribution is 5.21. The van der Waals surface area contributed by atoms with Gasteiger partial charge in [0.05, 0.1) is 11.6 Å². The molecule has 7 nitrogen and oxygen atoms in total. The normalized spacial score (nSPS) is 25.3. The third-order valence-electron chi connectivity index (χ3n) is 5.03. The minimum Gasteiger partial charge on any atom is -0.396 e.